The molecule has 0 spiro atoms. The lowest BCUT2D eigenvalue weighted by Crippen LogP contribution is -1.79. The van der Waals surface area contributed by atoms with Gasteiger partial charge < -0.3 is 0 Å². The molecule has 6 heteroatoms. The van der Waals surface area contributed by atoms with Gasteiger partial charge in [-0.2, -0.15) is 4.37 Å². The molecule has 3 aromatic heterocycles. The Bertz CT molecular complexity index is 659. The Morgan fingerprint density at radius 3 is 2.88 bits per heavy atom. The van der Waals surface area contributed by atoms with E-state index in [1.807, 2.05) is 18.4 Å². The van der Waals surface area contributed by atoms with Crippen molar-refractivity contribution in [3.8, 4) is 10.6 Å². The molecule has 0 saturated heterocycles. The summed E-state index contributed by atoms with van der Waals surface area (Å²) in [6.45, 7) is 1.88. The number of hydrogen-bond acceptors (Lipinski definition) is 5. The third-order valence-corrected chi connectivity index (χ3v) is 4.13. The average Bonchev–Trinajstić information content (AvgIpc) is 2.83. The van der Waals surface area contributed by atoms with Crippen LogP contribution in [0.1, 0.15) is 5.82 Å². The van der Waals surface area contributed by atoms with Crippen molar-refractivity contribution in [1.82, 2.24) is 14.3 Å². The molecule has 3 rings (SSSR count). The molecule has 0 radical (unpaired) electrons. The molecular formula is C10H6ClN3S2. The minimum atomic E-state index is 0.508. The third kappa shape index (κ3) is 1.61. The van der Waals surface area contributed by atoms with Gasteiger partial charge in [0.1, 0.15) is 16.0 Å². The van der Waals surface area contributed by atoms with Gasteiger partial charge in [-0.25, -0.2) is 9.97 Å². The molecule has 0 N–H and O–H groups in total. The molecule has 0 amide bonds. The minimum absolute atomic E-state index is 0.508. The van der Waals surface area contributed by atoms with E-state index in [1.165, 1.54) is 11.5 Å². The Morgan fingerprint density at radius 1 is 1.25 bits per heavy atom. The maximum Gasteiger partial charge on any atom is 0.147 e. The molecule has 3 nitrogen and oxygen atoms in total. The van der Waals surface area contributed by atoms with Crippen LogP contribution in [-0.4, -0.2) is 14.3 Å². The third-order valence-electron chi connectivity index (χ3n) is 2.14. The Hall–Kier alpha value is -1.04. The Labute approximate surface area is 105 Å². The fourth-order valence-electron chi connectivity index (χ4n) is 1.45. The van der Waals surface area contributed by atoms with Crippen LogP contribution in [0.2, 0.25) is 5.15 Å². The van der Waals surface area contributed by atoms with Crippen LogP contribution in [0, 0.1) is 6.92 Å². The van der Waals surface area contributed by atoms with Gasteiger partial charge in [-0.05, 0) is 30.6 Å². The second-order valence-electron chi connectivity index (χ2n) is 3.28. The van der Waals surface area contributed by atoms with Gasteiger partial charge in [0.25, 0.3) is 0 Å². The lowest BCUT2D eigenvalue weighted by molar-refractivity contribution is 1.17. The van der Waals surface area contributed by atoms with Gasteiger partial charge >= 0.3 is 0 Å². The fraction of sp³-hybridized carbons (Fsp3) is 0.100. The Morgan fingerprint density at radius 2 is 2.12 bits per heavy atom. The van der Waals surface area contributed by atoms with Crippen molar-refractivity contribution in [3.05, 3.63) is 28.5 Å². The van der Waals surface area contributed by atoms with E-state index in [9.17, 15) is 0 Å². The monoisotopic (exact) mass is 267 g/mol. The van der Waals surface area contributed by atoms with E-state index in [0.717, 1.165) is 26.6 Å². The lowest BCUT2D eigenvalue weighted by Gasteiger charge is -1.93. The summed E-state index contributed by atoms with van der Waals surface area (Å²) in [5.41, 5.74) is 1.93. The second kappa shape index (κ2) is 3.76. The zero-order valence-corrected chi connectivity index (χ0v) is 10.7. The molecule has 0 atom stereocenters. The van der Waals surface area contributed by atoms with Crippen molar-refractivity contribution in [1.29, 1.82) is 0 Å². The first-order valence-electron chi connectivity index (χ1n) is 4.58. The zero-order valence-electron chi connectivity index (χ0n) is 8.27. The van der Waals surface area contributed by atoms with Crippen molar-refractivity contribution in [2.24, 2.45) is 0 Å². The molecule has 0 saturated carbocycles. The van der Waals surface area contributed by atoms with E-state index < -0.39 is 0 Å². The van der Waals surface area contributed by atoms with E-state index in [-0.39, 0.29) is 0 Å². The van der Waals surface area contributed by atoms with Gasteiger partial charge in [0, 0.05) is 10.9 Å². The number of aryl methyl sites for hydroxylation is 1. The summed E-state index contributed by atoms with van der Waals surface area (Å²) in [6.07, 6.45) is 0. The highest BCUT2D eigenvalue weighted by Crippen LogP contribution is 2.34. The highest BCUT2D eigenvalue weighted by molar-refractivity contribution is 7.18. The van der Waals surface area contributed by atoms with Crippen LogP contribution in [0.5, 0.6) is 0 Å². The first kappa shape index (κ1) is 10.1. The van der Waals surface area contributed by atoms with Crippen molar-refractivity contribution >= 4 is 44.7 Å². The van der Waals surface area contributed by atoms with Crippen LogP contribution in [0.25, 0.3) is 20.8 Å². The van der Waals surface area contributed by atoms with E-state index in [4.69, 9.17) is 11.6 Å². The van der Waals surface area contributed by atoms with Crippen LogP contribution in [-0.2, 0) is 0 Å². The molecule has 0 aliphatic heterocycles. The smallest absolute Gasteiger partial charge is 0.147 e. The van der Waals surface area contributed by atoms with Gasteiger partial charge in [0.05, 0.1) is 10.2 Å². The lowest BCUT2D eigenvalue weighted by atomic mass is 10.3. The summed E-state index contributed by atoms with van der Waals surface area (Å²) in [5, 5.41) is 3.46. The fourth-order valence-corrected chi connectivity index (χ4v) is 3.24. The summed E-state index contributed by atoms with van der Waals surface area (Å²) in [4.78, 5) is 8.70. The van der Waals surface area contributed by atoms with Gasteiger partial charge in [0.2, 0.25) is 0 Å². The molecule has 0 bridgehead atoms. The van der Waals surface area contributed by atoms with Crippen LogP contribution in [0.3, 0.4) is 0 Å². The summed E-state index contributed by atoms with van der Waals surface area (Å²) in [6, 6.07) is 3.78. The minimum Gasteiger partial charge on any atom is -0.234 e. The zero-order chi connectivity index (χ0) is 11.1. The van der Waals surface area contributed by atoms with Crippen molar-refractivity contribution in [2.45, 2.75) is 6.92 Å². The number of fused-ring (bicyclic) bond motifs is 1. The molecule has 0 aliphatic rings. The van der Waals surface area contributed by atoms with E-state index in [0.29, 0.717) is 5.15 Å². The molecule has 0 aromatic carbocycles. The number of pyridine rings is 1. The van der Waals surface area contributed by atoms with E-state index in [2.05, 4.69) is 14.3 Å². The van der Waals surface area contributed by atoms with E-state index >= 15 is 0 Å². The van der Waals surface area contributed by atoms with Gasteiger partial charge in [-0.3, -0.25) is 0 Å². The summed E-state index contributed by atoms with van der Waals surface area (Å²) < 4.78 is 5.29. The number of thiophene rings is 1. The Kier molecular flexibility index (Phi) is 2.38. The molecule has 0 fully saturated rings. The topological polar surface area (TPSA) is 38.7 Å². The summed E-state index contributed by atoms with van der Waals surface area (Å²) in [5.74, 6) is 0.793. The van der Waals surface area contributed by atoms with E-state index in [1.54, 1.807) is 17.4 Å². The number of rotatable bonds is 1. The number of hydrogen-bond donors (Lipinski definition) is 0. The molecule has 3 heterocycles. The standard InChI is InChI=1S/C10H6ClN3S2/c1-5-12-10(16-14-5)6-4-15-7-2-3-8(11)13-9(6)7/h2-4H,1H3. The maximum atomic E-state index is 5.90. The highest BCUT2D eigenvalue weighted by atomic mass is 35.5. The van der Waals surface area contributed by atoms with Crippen LogP contribution >= 0.6 is 34.5 Å². The molecule has 16 heavy (non-hydrogen) atoms. The predicted molar refractivity (Wildman–Crippen MR) is 68.3 cm³/mol. The average molecular weight is 268 g/mol. The molecular weight excluding hydrogens is 262 g/mol. The van der Waals surface area contributed by atoms with Crippen molar-refractivity contribution in [2.75, 3.05) is 0 Å². The van der Waals surface area contributed by atoms with Crippen LogP contribution < -0.4 is 0 Å². The first-order chi connectivity index (χ1) is 7.74. The molecule has 0 aliphatic carbocycles. The Balaban J connectivity index is 2.27. The summed E-state index contributed by atoms with van der Waals surface area (Å²) in [7, 11) is 0. The SMILES string of the molecule is Cc1nsc(-c2csc3ccc(Cl)nc23)n1. The quantitative estimate of drug-likeness (QED) is 0.630. The van der Waals surface area contributed by atoms with Crippen LogP contribution in [0.15, 0.2) is 17.5 Å². The second-order valence-corrected chi connectivity index (χ2v) is 5.33. The van der Waals surface area contributed by atoms with Crippen LogP contribution in [0.4, 0.5) is 0 Å². The highest BCUT2D eigenvalue weighted by Gasteiger charge is 2.11. The van der Waals surface area contributed by atoms with Gasteiger partial charge in [-0.1, -0.05) is 11.6 Å². The van der Waals surface area contributed by atoms with Gasteiger partial charge in [0.15, 0.2) is 0 Å². The molecule has 3 aromatic rings. The number of nitrogens with zero attached hydrogens (tertiary/aromatic N) is 3. The summed E-state index contributed by atoms with van der Waals surface area (Å²) >= 11 is 8.94. The predicted octanol–water partition coefficient (Wildman–Crippen LogP) is 3.78. The number of halogens is 1. The number of aromatic nitrogens is 3. The molecule has 80 valence electrons. The maximum absolute atomic E-state index is 5.90. The first-order valence-corrected chi connectivity index (χ1v) is 6.61. The van der Waals surface area contributed by atoms with Crippen molar-refractivity contribution < 1.29 is 0 Å². The van der Waals surface area contributed by atoms with Crippen molar-refractivity contribution in [3.63, 3.8) is 0 Å². The normalized spacial score (nSPS) is 11.1. The molecule has 0 unspecified atom stereocenters. The van der Waals surface area contributed by atoms with Gasteiger partial charge in [-0.15, -0.1) is 11.3 Å². The largest absolute Gasteiger partial charge is 0.234 e.